The minimum absolute atomic E-state index is 0.194. The number of fused-ring (bicyclic) bond motifs is 1. The third-order valence-corrected chi connectivity index (χ3v) is 4.67. The Morgan fingerprint density at radius 1 is 1.33 bits per heavy atom. The number of thioether (sulfide) groups is 1. The van der Waals surface area contributed by atoms with Crippen molar-refractivity contribution >= 4 is 34.3 Å². The summed E-state index contributed by atoms with van der Waals surface area (Å²) < 4.78 is 19.0. The van der Waals surface area contributed by atoms with Crippen LogP contribution in [-0.2, 0) is 0 Å². The van der Waals surface area contributed by atoms with Gasteiger partial charge in [-0.15, -0.1) is 18.3 Å². The van der Waals surface area contributed by atoms with Crippen LogP contribution in [0, 0.1) is 12.7 Å². The maximum absolute atomic E-state index is 13.4. The molecule has 3 aromatic rings. The molecule has 0 aliphatic rings. The second kappa shape index (κ2) is 6.93. The van der Waals surface area contributed by atoms with Crippen molar-refractivity contribution in [2.75, 3.05) is 11.1 Å². The molecular formula is C19H16FNO2S. The van der Waals surface area contributed by atoms with Gasteiger partial charge in [0.1, 0.15) is 11.4 Å². The van der Waals surface area contributed by atoms with Gasteiger partial charge in [-0.05, 0) is 37.3 Å². The van der Waals surface area contributed by atoms with E-state index in [-0.39, 0.29) is 17.5 Å². The number of aryl methyl sites for hydroxylation is 1. The van der Waals surface area contributed by atoms with Crippen LogP contribution in [0.1, 0.15) is 16.1 Å². The van der Waals surface area contributed by atoms with Gasteiger partial charge in [0.2, 0.25) is 0 Å². The number of halogens is 1. The maximum atomic E-state index is 13.4. The molecule has 2 aromatic carbocycles. The minimum Gasteiger partial charge on any atom is -0.451 e. The van der Waals surface area contributed by atoms with E-state index >= 15 is 0 Å². The zero-order valence-corrected chi connectivity index (χ0v) is 14.0. The van der Waals surface area contributed by atoms with E-state index in [0.29, 0.717) is 22.2 Å². The Labute approximate surface area is 143 Å². The van der Waals surface area contributed by atoms with Gasteiger partial charge in [-0.1, -0.05) is 18.2 Å². The summed E-state index contributed by atoms with van der Waals surface area (Å²) in [5.41, 5.74) is 1.83. The Bertz CT molecular complexity index is 917. The Balaban J connectivity index is 1.91. The average molecular weight is 341 g/mol. The van der Waals surface area contributed by atoms with Crippen molar-refractivity contribution in [3.8, 4) is 0 Å². The zero-order chi connectivity index (χ0) is 17.1. The minimum atomic E-state index is -0.357. The van der Waals surface area contributed by atoms with Crippen LogP contribution in [0.4, 0.5) is 10.1 Å². The molecule has 0 aliphatic carbocycles. The van der Waals surface area contributed by atoms with Crippen LogP contribution in [0.5, 0.6) is 0 Å². The van der Waals surface area contributed by atoms with Crippen molar-refractivity contribution in [3.63, 3.8) is 0 Å². The van der Waals surface area contributed by atoms with E-state index in [2.05, 4.69) is 11.9 Å². The molecule has 0 radical (unpaired) electrons. The number of amides is 1. The van der Waals surface area contributed by atoms with Gasteiger partial charge < -0.3 is 9.73 Å². The standard InChI is InChI=1S/C19H16FNO2S/c1-3-10-24-17-7-5-4-6-15(17)21-19(22)18-12(2)14-11-13(20)8-9-16(14)23-18/h3-9,11H,1,10H2,2H3,(H,21,22). The molecule has 1 N–H and O–H groups in total. The maximum Gasteiger partial charge on any atom is 0.291 e. The molecule has 5 heteroatoms. The van der Waals surface area contributed by atoms with Gasteiger partial charge in [0.15, 0.2) is 5.76 Å². The molecule has 0 atom stereocenters. The summed E-state index contributed by atoms with van der Waals surface area (Å²) in [7, 11) is 0. The molecule has 0 unspecified atom stereocenters. The zero-order valence-electron chi connectivity index (χ0n) is 13.1. The predicted octanol–water partition coefficient (Wildman–Crippen LogP) is 5.41. The van der Waals surface area contributed by atoms with Crippen LogP contribution in [0.3, 0.4) is 0 Å². The highest BCUT2D eigenvalue weighted by Gasteiger charge is 2.19. The molecule has 3 rings (SSSR count). The van der Waals surface area contributed by atoms with Crippen molar-refractivity contribution < 1.29 is 13.6 Å². The summed E-state index contributed by atoms with van der Waals surface area (Å²) in [6, 6.07) is 11.8. The van der Waals surface area contributed by atoms with Crippen LogP contribution in [0.25, 0.3) is 11.0 Å². The molecule has 0 saturated carbocycles. The number of benzene rings is 2. The molecule has 3 nitrogen and oxygen atoms in total. The van der Waals surface area contributed by atoms with E-state index in [1.807, 2.05) is 24.3 Å². The molecule has 0 saturated heterocycles. The van der Waals surface area contributed by atoms with Crippen LogP contribution in [0.15, 0.2) is 64.4 Å². The van der Waals surface area contributed by atoms with Crippen molar-refractivity contribution in [2.24, 2.45) is 0 Å². The number of carbonyl (C=O) groups is 1. The Morgan fingerprint density at radius 2 is 2.12 bits per heavy atom. The van der Waals surface area contributed by atoms with E-state index in [0.717, 1.165) is 10.6 Å². The first-order chi connectivity index (χ1) is 11.6. The fraction of sp³-hybridized carbons (Fsp3) is 0.105. The fourth-order valence-electron chi connectivity index (χ4n) is 2.43. The lowest BCUT2D eigenvalue weighted by atomic mass is 10.1. The normalized spacial score (nSPS) is 10.8. The van der Waals surface area contributed by atoms with Crippen LogP contribution in [0.2, 0.25) is 0 Å². The number of anilines is 1. The summed E-state index contributed by atoms with van der Waals surface area (Å²) in [6.45, 7) is 5.45. The van der Waals surface area contributed by atoms with Crippen LogP contribution in [-0.4, -0.2) is 11.7 Å². The smallest absolute Gasteiger partial charge is 0.291 e. The van der Waals surface area contributed by atoms with Gasteiger partial charge in [-0.25, -0.2) is 4.39 Å². The number of furan rings is 1. The average Bonchev–Trinajstić information content (AvgIpc) is 2.91. The monoisotopic (exact) mass is 341 g/mol. The quantitative estimate of drug-likeness (QED) is 0.498. The summed E-state index contributed by atoms with van der Waals surface area (Å²) >= 11 is 1.58. The number of hydrogen-bond acceptors (Lipinski definition) is 3. The third-order valence-electron chi connectivity index (χ3n) is 3.60. The topological polar surface area (TPSA) is 42.2 Å². The fourth-order valence-corrected chi connectivity index (χ4v) is 3.18. The second-order valence-electron chi connectivity index (χ2n) is 5.25. The van der Waals surface area contributed by atoms with E-state index < -0.39 is 0 Å². The molecular weight excluding hydrogens is 325 g/mol. The summed E-state index contributed by atoms with van der Waals surface area (Å²) in [5.74, 6) is 0.231. The number of nitrogens with one attached hydrogen (secondary N) is 1. The SMILES string of the molecule is C=CCSc1ccccc1NC(=O)c1oc2ccc(F)cc2c1C. The highest BCUT2D eigenvalue weighted by molar-refractivity contribution is 7.99. The first-order valence-corrected chi connectivity index (χ1v) is 8.41. The summed E-state index contributed by atoms with van der Waals surface area (Å²) in [4.78, 5) is 13.5. The lowest BCUT2D eigenvalue weighted by Gasteiger charge is -2.09. The molecule has 24 heavy (non-hydrogen) atoms. The lowest BCUT2D eigenvalue weighted by molar-refractivity contribution is 0.0997. The van der Waals surface area contributed by atoms with Gasteiger partial charge in [-0.2, -0.15) is 0 Å². The Hall–Kier alpha value is -2.53. The molecule has 1 aromatic heterocycles. The van der Waals surface area contributed by atoms with Crippen molar-refractivity contribution in [3.05, 3.63) is 72.3 Å². The first-order valence-electron chi connectivity index (χ1n) is 7.43. The van der Waals surface area contributed by atoms with Crippen molar-refractivity contribution in [2.45, 2.75) is 11.8 Å². The summed E-state index contributed by atoms with van der Waals surface area (Å²) in [6.07, 6.45) is 1.81. The Morgan fingerprint density at radius 3 is 2.92 bits per heavy atom. The van der Waals surface area contributed by atoms with Crippen molar-refractivity contribution in [1.29, 1.82) is 0 Å². The molecule has 122 valence electrons. The highest BCUT2D eigenvalue weighted by atomic mass is 32.2. The second-order valence-corrected chi connectivity index (χ2v) is 6.31. The van der Waals surface area contributed by atoms with E-state index in [4.69, 9.17) is 4.42 Å². The van der Waals surface area contributed by atoms with E-state index in [1.165, 1.54) is 18.2 Å². The molecule has 1 heterocycles. The number of carbonyl (C=O) groups excluding carboxylic acids is 1. The molecule has 0 fully saturated rings. The number of rotatable bonds is 5. The number of para-hydroxylation sites is 1. The first kappa shape index (κ1) is 16.3. The van der Waals surface area contributed by atoms with Gasteiger partial charge >= 0.3 is 0 Å². The van der Waals surface area contributed by atoms with E-state index in [9.17, 15) is 9.18 Å². The molecule has 1 amide bonds. The van der Waals surface area contributed by atoms with Crippen molar-refractivity contribution in [1.82, 2.24) is 0 Å². The predicted molar refractivity (Wildman–Crippen MR) is 96.2 cm³/mol. The molecule has 0 bridgehead atoms. The Kier molecular flexibility index (Phi) is 4.71. The van der Waals surface area contributed by atoms with Gasteiger partial charge in [0, 0.05) is 21.6 Å². The third kappa shape index (κ3) is 3.21. The van der Waals surface area contributed by atoms with Gasteiger partial charge in [0.05, 0.1) is 5.69 Å². The van der Waals surface area contributed by atoms with E-state index in [1.54, 1.807) is 24.8 Å². The summed E-state index contributed by atoms with van der Waals surface area (Å²) in [5, 5.41) is 3.48. The highest BCUT2D eigenvalue weighted by Crippen LogP contribution is 2.30. The van der Waals surface area contributed by atoms with Crippen LogP contribution < -0.4 is 5.32 Å². The van der Waals surface area contributed by atoms with Crippen LogP contribution >= 0.6 is 11.8 Å². The van der Waals surface area contributed by atoms with Gasteiger partial charge in [0.25, 0.3) is 5.91 Å². The largest absolute Gasteiger partial charge is 0.451 e. The van der Waals surface area contributed by atoms with Gasteiger partial charge in [-0.3, -0.25) is 4.79 Å². The lowest BCUT2D eigenvalue weighted by Crippen LogP contribution is -2.12. The molecule has 0 aliphatic heterocycles. The molecule has 0 spiro atoms. The number of hydrogen-bond donors (Lipinski definition) is 1.